The summed E-state index contributed by atoms with van der Waals surface area (Å²) in [5, 5.41) is 0. The molecule has 0 aliphatic rings. The van der Waals surface area contributed by atoms with Gasteiger partial charge in [0, 0.05) is 19.3 Å². The minimum Gasteiger partial charge on any atom is -0.468 e. The normalized spacial score (nSPS) is 13.2. The third-order valence-corrected chi connectivity index (χ3v) is 3.17. The molecule has 0 bridgehead atoms. The van der Waals surface area contributed by atoms with E-state index in [2.05, 4.69) is 35.3 Å². The Morgan fingerprint density at radius 2 is 2.35 bits per heavy atom. The first kappa shape index (κ1) is 11.9. The lowest BCUT2D eigenvalue weighted by molar-refractivity contribution is 0.218. The molecule has 0 N–H and O–H groups in total. The summed E-state index contributed by atoms with van der Waals surface area (Å²) in [4.78, 5) is 6.43. The Bertz CT molecular complexity index is 447. The van der Waals surface area contributed by atoms with Gasteiger partial charge in [-0.25, -0.2) is 4.98 Å². The Balaban J connectivity index is 2.04. The van der Waals surface area contributed by atoms with Crippen LogP contribution in [0.15, 0.2) is 35.3 Å². The van der Waals surface area contributed by atoms with Crippen molar-refractivity contribution in [2.24, 2.45) is 0 Å². The molecule has 0 spiro atoms. The van der Waals surface area contributed by atoms with Crippen LogP contribution in [0.25, 0.3) is 0 Å². The molecule has 0 fully saturated rings. The molecule has 2 aromatic heterocycles. The Kier molecular flexibility index (Phi) is 3.64. The van der Waals surface area contributed by atoms with Gasteiger partial charge in [0.2, 0.25) is 0 Å². The van der Waals surface area contributed by atoms with E-state index in [1.165, 1.54) is 5.69 Å². The van der Waals surface area contributed by atoms with Crippen LogP contribution in [0.3, 0.4) is 0 Å². The number of nitrogens with zero attached hydrogens (tertiary/aromatic N) is 3. The smallest absolute Gasteiger partial charge is 0.120 e. The molecule has 4 heteroatoms. The van der Waals surface area contributed by atoms with Gasteiger partial charge in [-0.15, -0.1) is 0 Å². The number of rotatable bonds is 5. The Labute approximate surface area is 102 Å². The minimum atomic E-state index is 0.269. The van der Waals surface area contributed by atoms with Gasteiger partial charge in [0.1, 0.15) is 5.76 Å². The third kappa shape index (κ3) is 2.58. The van der Waals surface area contributed by atoms with Crippen molar-refractivity contribution >= 4 is 0 Å². The van der Waals surface area contributed by atoms with Crippen LogP contribution in [-0.4, -0.2) is 21.5 Å². The quantitative estimate of drug-likeness (QED) is 0.796. The van der Waals surface area contributed by atoms with E-state index in [1.807, 2.05) is 24.7 Å². The van der Waals surface area contributed by atoms with Crippen LogP contribution in [0.4, 0.5) is 0 Å². The third-order valence-electron chi connectivity index (χ3n) is 3.17. The molecule has 4 nitrogen and oxygen atoms in total. The second kappa shape index (κ2) is 5.19. The van der Waals surface area contributed by atoms with Gasteiger partial charge in [0.25, 0.3) is 0 Å². The maximum Gasteiger partial charge on any atom is 0.120 e. The van der Waals surface area contributed by atoms with E-state index in [0.29, 0.717) is 0 Å². The van der Waals surface area contributed by atoms with Crippen molar-refractivity contribution in [1.29, 1.82) is 0 Å². The van der Waals surface area contributed by atoms with E-state index < -0.39 is 0 Å². The molecule has 1 atom stereocenters. The highest BCUT2D eigenvalue weighted by molar-refractivity contribution is 5.05. The van der Waals surface area contributed by atoms with Crippen molar-refractivity contribution in [2.75, 3.05) is 7.05 Å². The zero-order valence-corrected chi connectivity index (χ0v) is 10.6. The molecule has 2 rings (SSSR count). The van der Waals surface area contributed by atoms with Crippen molar-refractivity contribution in [1.82, 2.24) is 14.5 Å². The molecule has 92 valence electrons. The van der Waals surface area contributed by atoms with Crippen LogP contribution in [0.2, 0.25) is 0 Å². The summed E-state index contributed by atoms with van der Waals surface area (Å²) in [5.74, 6) is 0.995. The highest BCUT2D eigenvalue weighted by Gasteiger charge is 2.15. The summed E-state index contributed by atoms with van der Waals surface area (Å²) >= 11 is 0. The molecule has 0 amide bonds. The lowest BCUT2D eigenvalue weighted by atomic mass is 10.2. The summed E-state index contributed by atoms with van der Waals surface area (Å²) in [7, 11) is 2.10. The van der Waals surface area contributed by atoms with E-state index in [-0.39, 0.29) is 6.04 Å². The van der Waals surface area contributed by atoms with Crippen LogP contribution in [-0.2, 0) is 13.1 Å². The molecule has 1 unspecified atom stereocenters. The number of imidazole rings is 1. The highest BCUT2D eigenvalue weighted by Crippen LogP contribution is 2.20. The first-order valence-electron chi connectivity index (χ1n) is 5.95. The molecule has 17 heavy (non-hydrogen) atoms. The van der Waals surface area contributed by atoms with Crippen LogP contribution >= 0.6 is 0 Å². The zero-order valence-electron chi connectivity index (χ0n) is 10.6. The number of aromatic nitrogens is 2. The second-order valence-electron chi connectivity index (χ2n) is 4.28. The van der Waals surface area contributed by atoms with Crippen LogP contribution in [0.1, 0.15) is 31.3 Å². The molecule has 2 aromatic rings. The fraction of sp³-hybridized carbons (Fsp3) is 0.462. The van der Waals surface area contributed by atoms with Crippen molar-refractivity contribution in [3.63, 3.8) is 0 Å². The Hall–Kier alpha value is -1.55. The SMILES string of the molecule is CCn1cncc1CN(C)C(C)c1ccco1. The summed E-state index contributed by atoms with van der Waals surface area (Å²) < 4.78 is 7.59. The first-order chi connectivity index (χ1) is 8.22. The van der Waals surface area contributed by atoms with E-state index in [9.17, 15) is 0 Å². The van der Waals surface area contributed by atoms with Gasteiger partial charge in [-0.2, -0.15) is 0 Å². The fourth-order valence-electron chi connectivity index (χ4n) is 1.90. The monoisotopic (exact) mass is 233 g/mol. The van der Waals surface area contributed by atoms with E-state index in [4.69, 9.17) is 4.42 Å². The lowest BCUT2D eigenvalue weighted by Gasteiger charge is -2.23. The van der Waals surface area contributed by atoms with Crippen LogP contribution in [0.5, 0.6) is 0 Å². The molecule has 0 aliphatic heterocycles. The van der Waals surface area contributed by atoms with Crippen LogP contribution in [0, 0.1) is 0 Å². The van der Waals surface area contributed by atoms with E-state index >= 15 is 0 Å². The van der Waals surface area contributed by atoms with E-state index in [0.717, 1.165) is 18.8 Å². The predicted octanol–water partition coefficient (Wildman–Crippen LogP) is 2.69. The number of hydrogen-bond donors (Lipinski definition) is 0. The number of hydrogen-bond acceptors (Lipinski definition) is 3. The largest absolute Gasteiger partial charge is 0.468 e. The summed E-state index contributed by atoms with van der Waals surface area (Å²) in [6.45, 7) is 6.10. The maximum atomic E-state index is 5.43. The van der Waals surface area contributed by atoms with Gasteiger partial charge >= 0.3 is 0 Å². The molecule has 0 saturated carbocycles. The van der Waals surface area contributed by atoms with Crippen LogP contribution < -0.4 is 0 Å². The molecule has 0 aromatic carbocycles. The Morgan fingerprint density at radius 1 is 1.53 bits per heavy atom. The van der Waals surface area contributed by atoms with Crippen molar-refractivity contribution in [2.45, 2.75) is 33.0 Å². The zero-order chi connectivity index (χ0) is 12.3. The molecular formula is C13H19N3O. The molecule has 2 heterocycles. The number of furan rings is 1. The molecular weight excluding hydrogens is 214 g/mol. The maximum absolute atomic E-state index is 5.43. The van der Waals surface area contributed by atoms with Gasteiger partial charge in [0.15, 0.2) is 0 Å². The van der Waals surface area contributed by atoms with Gasteiger partial charge in [0.05, 0.1) is 24.3 Å². The average molecular weight is 233 g/mol. The summed E-state index contributed by atoms with van der Waals surface area (Å²) in [6.07, 6.45) is 5.52. The second-order valence-corrected chi connectivity index (χ2v) is 4.28. The van der Waals surface area contributed by atoms with E-state index in [1.54, 1.807) is 6.26 Å². The first-order valence-corrected chi connectivity index (χ1v) is 5.95. The topological polar surface area (TPSA) is 34.2 Å². The molecule has 0 saturated heterocycles. The minimum absolute atomic E-state index is 0.269. The van der Waals surface area contributed by atoms with Crippen molar-refractivity contribution in [3.05, 3.63) is 42.4 Å². The summed E-state index contributed by atoms with van der Waals surface area (Å²) in [6, 6.07) is 4.21. The van der Waals surface area contributed by atoms with Crippen molar-refractivity contribution < 1.29 is 4.42 Å². The molecule has 0 radical (unpaired) electrons. The van der Waals surface area contributed by atoms with Gasteiger partial charge in [-0.1, -0.05) is 0 Å². The van der Waals surface area contributed by atoms with Gasteiger partial charge in [-0.3, -0.25) is 4.90 Å². The van der Waals surface area contributed by atoms with Crippen molar-refractivity contribution in [3.8, 4) is 0 Å². The molecule has 0 aliphatic carbocycles. The standard InChI is InChI=1S/C13H19N3O/c1-4-16-10-14-8-12(16)9-15(3)11(2)13-6-5-7-17-13/h5-8,10-11H,4,9H2,1-3H3. The van der Waals surface area contributed by atoms with Gasteiger partial charge in [-0.05, 0) is 33.0 Å². The highest BCUT2D eigenvalue weighted by atomic mass is 16.3. The summed E-state index contributed by atoms with van der Waals surface area (Å²) in [5.41, 5.74) is 1.23. The number of aryl methyl sites for hydroxylation is 1. The fourth-order valence-corrected chi connectivity index (χ4v) is 1.90. The average Bonchev–Trinajstić information content (AvgIpc) is 2.98. The Morgan fingerprint density at radius 3 is 3.00 bits per heavy atom. The lowest BCUT2D eigenvalue weighted by Crippen LogP contribution is -2.23. The van der Waals surface area contributed by atoms with Gasteiger partial charge < -0.3 is 8.98 Å². The predicted molar refractivity (Wildman–Crippen MR) is 66.5 cm³/mol.